The zero-order chi connectivity index (χ0) is 16.3. The van der Waals surface area contributed by atoms with Gasteiger partial charge in [0.15, 0.2) is 0 Å². The van der Waals surface area contributed by atoms with Gasteiger partial charge in [0.1, 0.15) is 0 Å². The number of aromatic nitrogens is 2. The maximum atomic E-state index is 12.1. The highest BCUT2D eigenvalue weighted by atomic mass is 35.5. The first-order valence-corrected chi connectivity index (χ1v) is 7.02. The highest BCUT2D eigenvalue weighted by molar-refractivity contribution is 6.33. The van der Waals surface area contributed by atoms with Crippen LogP contribution in [-0.4, -0.2) is 23.1 Å². The number of aryl methyl sites for hydroxylation is 3. The predicted molar refractivity (Wildman–Crippen MR) is 86.9 cm³/mol. The summed E-state index contributed by atoms with van der Waals surface area (Å²) in [6, 6.07) is 5.26. The lowest BCUT2D eigenvalue weighted by molar-refractivity contribution is 0.262. The van der Waals surface area contributed by atoms with Gasteiger partial charge >= 0.3 is 12.0 Å². The van der Waals surface area contributed by atoms with Crippen LogP contribution in [0.25, 0.3) is 0 Å². The molecule has 0 aliphatic heterocycles. The fraction of sp³-hybridized carbons (Fsp3) is 0.267. The van der Waals surface area contributed by atoms with Crippen LogP contribution in [-0.2, 0) is 0 Å². The number of halogens is 1. The molecular weight excluding hydrogens is 304 g/mol. The Bertz CT molecular complexity index is 696. The van der Waals surface area contributed by atoms with Crippen LogP contribution in [0, 0.1) is 20.8 Å². The summed E-state index contributed by atoms with van der Waals surface area (Å²) in [4.78, 5) is 20.4. The topological polar surface area (TPSA) is 76.1 Å². The molecule has 0 spiro atoms. The number of anilines is 2. The van der Waals surface area contributed by atoms with Crippen molar-refractivity contribution in [1.29, 1.82) is 0 Å². The number of ether oxygens (including phenoxy) is 1. The number of amides is 2. The monoisotopic (exact) mass is 320 g/mol. The van der Waals surface area contributed by atoms with E-state index in [1.807, 2.05) is 13.0 Å². The molecule has 0 unspecified atom stereocenters. The van der Waals surface area contributed by atoms with E-state index in [2.05, 4.69) is 20.6 Å². The number of benzene rings is 1. The van der Waals surface area contributed by atoms with E-state index in [-0.39, 0.29) is 6.01 Å². The van der Waals surface area contributed by atoms with Crippen molar-refractivity contribution in [3.05, 3.63) is 40.2 Å². The number of nitrogens with one attached hydrogen (secondary N) is 2. The molecule has 1 aromatic heterocycles. The second kappa shape index (κ2) is 6.62. The predicted octanol–water partition coefficient (Wildman–Crippen LogP) is 3.71. The van der Waals surface area contributed by atoms with E-state index < -0.39 is 6.03 Å². The smallest absolute Gasteiger partial charge is 0.323 e. The molecule has 2 aromatic rings. The molecule has 0 saturated heterocycles. The molecule has 2 rings (SSSR count). The van der Waals surface area contributed by atoms with Gasteiger partial charge in [0, 0.05) is 0 Å². The van der Waals surface area contributed by atoms with Crippen molar-refractivity contribution >= 4 is 29.0 Å². The quantitative estimate of drug-likeness (QED) is 0.904. The third-order valence-electron chi connectivity index (χ3n) is 3.04. The van der Waals surface area contributed by atoms with Gasteiger partial charge in [-0.25, -0.2) is 4.79 Å². The molecule has 0 atom stereocenters. The molecule has 7 heteroatoms. The van der Waals surface area contributed by atoms with Crippen molar-refractivity contribution in [1.82, 2.24) is 9.97 Å². The lowest BCUT2D eigenvalue weighted by Gasteiger charge is -2.13. The molecule has 0 aliphatic carbocycles. The molecule has 0 bridgehead atoms. The van der Waals surface area contributed by atoms with Crippen molar-refractivity contribution in [3.63, 3.8) is 0 Å². The maximum absolute atomic E-state index is 12.1. The van der Waals surface area contributed by atoms with Crippen molar-refractivity contribution in [2.24, 2.45) is 0 Å². The van der Waals surface area contributed by atoms with Gasteiger partial charge in [-0.05, 0) is 38.5 Å². The number of carbonyl (C=O) groups is 1. The zero-order valence-corrected chi connectivity index (χ0v) is 13.6. The number of nitrogens with zero attached hydrogens (tertiary/aromatic N) is 2. The Balaban J connectivity index is 2.15. The van der Waals surface area contributed by atoms with Crippen LogP contribution in [0.1, 0.15) is 17.0 Å². The second-order valence-electron chi connectivity index (χ2n) is 4.82. The SMILES string of the molecule is COc1nc(C)c(NC(=O)Nc2ccc(C)cc2Cl)c(C)n1. The molecule has 1 heterocycles. The largest absolute Gasteiger partial charge is 0.467 e. The number of urea groups is 1. The number of hydrogen-bond donors (Lipinski definition) is 2. The normalized spacial score (nSPS) is 10.2. The minimum absolute atomic E-state index is 0.266. The molecule has 22 heavy (non-hydrogen) atoms. The van der Waals surface area contributed by atoms with Gasteiger partial charge in [0.25, 0.3) is 0 Å². The van der Waals surface area contributed by atoms with Crippen LogP contribution in [0.15, 0.2) is 18.2 Å². The van der Waals surface area contributed by atoms with Crippen LogP contribution >= 0.6 is 11.6 Å². The summed E-state index contributed by atoms with van der Waals surface area (Å²) in [6.07, 6.45) is 0. The van der Waals surface area contributed by atoms with E-state index in [1.54, 1.807) is 26.0 Å². The number of carbonyl (C=O) groups excluding carboxylic acids is 1. The van der Waals surface area contributed by atoms with Gasteiger partial charge in [-0.15, -0.1) is 0 Å². The lowest BCUT2D eigenvalue weighted by atomic mass is 10.2. The number of hydrogen-bond acceptors (Lipinski definition) is 4. The van der Waals surface area contributed by atoms with E-state index in [0.717, 1.165) is 5.56 Å². The minimum Gasteiger partial charge on any atom is -0.467 e. The molecule has 2 N–H and O–H groups in total. The third kappa shape index (κ3) is 3.65. The minimum atomic E-state index is -0.411. The van der Waals surface area contributed by atoms with Gasteiger partial charge in [-0.1, -0.05) is 17.7 Å². The molecule has 0 saturated carbocycles. The van der Waals surface area contributed by atoms with Gasteiger partial charge in [0.05, 0.1) is 34.9 Å². The van der Waals surface area contributed by atoms with E-state index in [0.29, 0.717) is 27.8 Å². The van der Waals surface area contributed by atoms with E-state index >= 15 is 0 Å². The Morgan fingerprint density at radius 1 is 1.14 bits per heavy atom. The summed E-state index contributed by atoms with van der Waals surface area (Å²) in [7, 11) is 1.49. The first-order chi connectivity index (χ1) is 10.4. The summed E-state index contributed by atoms with van der Waals surface area (Å²) in [5.74, 6) is 0. The summed E-state index contributed by atoms with van der Waals surface area (Å²) in [5, 5.41) is 5.91. The highest BCUT2D eigenvalue weighted by Crippen LogP contribution is 2.24. The third-order valence-corrected chi connectivity index (χ3v) is 3.36. The average molecular weight is 321 g/mol. The van der Waals surface area contributed by atoms with Crippen LogP contribution in [0.4, 0.5) is 16.2 Å². The molecule has 0 radical (unpaired) electrons. The fourth-order valence-corrected chi connectivity index (χ4v) is 2.23. The molecule has 2 amide bonds. The first-order valence-electron chi connectivity index (χ1n) is 6.64. The van der Waals surface area contributed by atoms with Crippen molar-refractivity contribution in [2.75, 3.05) is 17.7 Å². The van der Waals surface area contributed by atoms with Crippen molar-refractivity contribution in [3.8, 4) is 6.01 Å². The molecule has 1 aromatic carbocycles. The summed E-state index contributed by atoms with van der Waals surface area (Å²) >= 11 is 6.09. The van der Waals surface area contributed by atoms with Crippen molar-refractivity contribution in [2.45, 2.75) is 20.8 Å². The molecule has 6 nitrogen and oxygen atoms in total. The second-order valence-corrected chi connectivity index (χ2v) is 5.23. The Kier molecular flexibility index (Phi) is 4.82. The van der Waals surface area contributed by atoms with Gasteiger partial charge < -0.3 is 15.4 Å². The molecule has 0 aliphatic rings. The maximum Gasteiger partial charge on any atom is 0.323 e. The van der Waals surface area contributed by atoms with Crippen molar-refractivity contribution < 1.29 is 9.53 Å². The summed E-state index contributed by atoms with van der Waals surface area (Å²) in [6.45, 7) is 5.47. The Morgan fingerprint density at radius 3 is 2.32 bits per heavy atom. The molecule has 116 valence electrons. The number of rotatable bonds is 3. The zero-order valence-electron chi connectivity index (χ0n) is 12.8. The van der Waals surface area contributed by atoms with Crippen LogP contribution in [0.3, 0.4) is 0 Å². The summed E-state index contributed by atoms with van der Waals surface area (Å²) < 4.78 is 4.99. The lowest BCUT2D eigenvalue weighted by Crippen LogP contribution is -2.21. The summed E-state index contributed by atoms with van der Waals surface area (Å²) in [5.41, 5.74) is 3.34. The average Bonchev–Trinajstić information content (AvgIpc) is 2.45. The van der Waals surface area contributed by atoms with E-state index in [4.69, 9.17) is 16.3 Å². The fourth-order valence-electron chi connectivity index (χ4n) is 1.95. The van der Waals surface area contributed by atoms with Crippen LogP contribution < -0.4 is 15.4 Å². The van der Waals surface area contributed by atoms with Gasteiger partial charge in [-0.3, -0.25) is 0 Å². The standard InChI is InChI=1S/C15H17ClN4O2/c1-8-5-6-12(11(16)7-8)19-14(21)20-13-9(2)17-15(22-4)18-10(13)3/h5-7H,1-4H3,(H2,19,20,21). The first kappa shape index (κ1) is 16.0. The number of methoxy groups -OCH3 is 1. The van der Waals surface area contributed by atoms with E-state index in [1.165, 1.54) is 7.11 Å². The molecular formula is C15H17ClN4O2. The highest BCUT2D eigenvalue weighted by Gasteiger charge is 2.13. The van der Waals surface area contributed by atoms with Gasteiger partial charge in [-0.2, -0.15) is 9.97 Å². The van der Waals surface area contributed by atoms with Gasteiger partial charge in [0.2, 0.25) is 0 Å². The Morgan fingerprint density at radius 2 is 1.77 bits per heavy atom. The van der Waals surface area contributed by atoms with Crippen LogP contribution in [0.5, 0.6) is 6.01 Å². The van der Waals surface area contributed by atoms with Crippen LogP contribution in [0.2, 0.25) is 5.02 Å². The van der Waals surface area contributed by atoms with E-state index in [9.17, 15) is 4.79 Å². The Labute approximate surface area is 133 Å². The molecule has 0 fully saturated rings. The Hall–Kier alpha value is -2.34.